The molecular weight excluding hydrogens is 236 g/mol. The average Bonchev–Trinajstić information content (AvgIpc) is 2.34. The molecule has 18 heavy (non-hydrogen) atoms. The minimum atomic E-state index is -1.10. The molecule has 1 heterocycles. The number of carbonyl (C=O) groups excluding carboxylic acids is 1. The molecule has 0 aliphatic rings. The highest BCUT2D eigenvalue weighted by Gasteiger charge is 2.34. The third-order valence-corrected chi connectivity index (χ3v) is 2.43. The Balaban J connectivity index is 3.20. The largest absolute Gasteiger partial charge is 0.480 e. The van der Waals surface area contributed by atoms with E-state index in [1.165, 1.54) is 13.3 Å². The Morgan fingerprint density at radius 3 is 2.44 bits per heavy atom. The first kappa shape index (κ1) is 14.0. The van der Waals surface area contributed by atoms with Gasteiger partial charge in [-0.2, -0.15) is 0 Å². The van der Waals surface area contributed by atoms with Crippen LogP contribution in [0.5, 0.6) is 0 Å². The number of rotatable bonds is 4. The van der Waals surface area contributed by atoms with Crippen molar-refractivity contribution in [1.29, 1.82) is 0 Å². The molecular formula is C12H16N2O4. The van der Waals surface area contributed by atoms with Crippen molar-refractivity contribution in [2.75, 3.05) is 12.0 Å². The van der Waals surface area contributed by atoms with E-state index in [4.69, 9.17) is 0 Å². The molecule has 0 spiro atoms. The lowest BCUT2D eigenvalue weighted by Crippen LogP contribution is -2.48. The first-order chi connectivity index (χ1) is 8.49. The Kier molecular flexibility index (Phi) is 4.65. The van der Waals surface area contributed by atoms with Gasteiger partial charge < -0.3 is 9.84 Å². The van der Waals surface area contributed by atoms with Gasteiger partial charge in [0, 0.05) is 6.20 Å². The number of amides is 1. The van der Waals surface area contributed by atoms with E-state index in [0.717, 1.165) is 4.90 Å². The SMILES string of the molecule is COC(=O)N(c1ccccn1)[C@H](C(=O)O)C(C)C. The summed E-state index contributed by atoms with van der Waals surface area (Å²) in [6, 6.07) is 3.91. The summed E-state index contributed by atoms with van der Waals surface area (Å²) in [6.07, 6.45) is 0.750. The van der Waals surface area contributed by atoms with Crippen molar-refractivity contribution in [2.45, 2.75) is 19.9 Å². The van der Waals surface area contributed by atoms with Gasteiger partial charge >= 0.3 is 12.1 Å². The quantitative estimate of drug-likeness (QED) is 0.883. The normalized spacial score (nSPS) is 12.0. The van der Waals surface area contributed by atoms with Crippen molar-refractivity contribution in [3.05, 3.63) is 24.4 Å². The van der Waals surface area contributed by atoms with E-state index in [-0.39, 0.29) is 11.7 Å². The lowest BCUT2D eigenvalue weighted by molar-refractivity contribution is -0.139. The van der Waals surface area contributed by atoms with Gasteiger partial charge in [0.2, 0.25) is 0 Å². The minimum Gasteiger partial charge on any atom is -0.480 e. The number of ether oxygens (including phenoxy) is 1. The van der Waals surface area contributed by atoms with E-state index in [0.29, 0.717) is 0 Å². The second kappa shape index (κ2) is 6.00. The van der Waals surface area contributed by atoms with Gasteiger partial charge in [0.25, 0.3) is 0 Å². The third-order valence-electron chi connectivity index (χ3n) is 2.43. The van der Waals surface area contributed by atoms with E-state index in [9.17, 15) is 14.7 Å². The van der Waals surface area contributed by atoms with Crippen LogP contribution in [-0.2, 0) is 9.53 Å². The summed E-state index contributed by atoms with van der Waals surface area (Å²) < 4.78 is 4.63. The maximum Gasteiger partial charge on any atom is 0.416 e. The Morgan fingerprint density at radius 1 is 1.39 bits per heavy atom. The van der Waals surface area contributed by atoms with E-state index < -0.39 is 18.1 Å². The predicted octanol–water partition coefficient (Wildman–Crippen LogP) is 1.76. The van der Waals surface area contributed by atoms with Crippen LogP contribution in [0.4, 0.5) is 10.6 Å². The molecule has 1 rings (SSSR count). The van der Waals surface area contributed by atoms with Gasteiger partial charge in [-0.1, -0.05) is 19.9 Å². The molecule has 0 aliphatic heterocycles. The molecule has 0 saturated heterocycles. The smallest absolute Gasteiger partial charge is 0.416 e. The van der Waals surface area contributed by atoms with E-state index in [1.54, 1.807) is 32.0 Å². The molecule has 0 saturated carbocycles. The fraction of sp³-hybridized carbons (Fsp3) is 0.417. The summed E-state index contributed by atoms with van der Waals surface area (Å²) in [4.78, 5) is 28.1. The molecule has 0 bridgehead atoms. The second-order valence-electron chi connectivity index (χ2n) is 4.06. The third kappa shape index (κ3) is 2.97. The predicted molar refractivity (Wildman–Crippen MR) is 65.4 cm³/mol. The molecule has 1 atom stereocenters. The Bertz CT molecular complexity index is 419. The van der Waals surface area contributed by atoms with Crippen LogP contribution < -0.4 is 4.90 Å². The summed E-state index contributed by atoms with van der Waals surface area (Å²) in [5.41, 5.74) is 0. The first-order valence-electron chi connectivity index (χ1n) is 5.50. The monoisotopic (exact) mass is 252 g/mol. The standard InChI is InChI=1S/C12H16N2O4/c1-8(2)10(11(15)16)14(12(17)18-3)9-6-4-5-7-13-9/h4-8,10H,1-3H3,(H,15,16)/t10-/m0/s1. The highest BCUT2D eigenvalue weighted by Crippen LogP contribution is 2.20. The molecule has 1 aromatic heterocycles. The average molecular weight is 252 g/mol. The summed E-state index contributed by atoms with van der Waals surface area (Å²) >= 11 is 0. The molecule has 6 nitrogen and oxygen atoms in total. The number of hydrogen-bond donors (Lipinski definition) is 1. The van der Waals surface area contributed by atoms with Gasteiger partial charge in [-0.15, -0.1) is 0 Å². The van der Waals surface area contributed by atoms with Crippen LogP contribution in [0.1, 0.15) is 13.8 Å². The molecule has 0 unspecified atom stereocenters. The van der Waals surface area contributed by atoms with Crippen molar-refractivity contribution < 1.29 is 19.4 Å². The highest BCUT2D eigenvalue weighted by atomic mass is 16.5. The van der Waals surface area contributed by atoms with Gasteiger partial charge in [-0.05, 0) is 18.1 Å². The fourth-order valence-electron chi connectivity index (χ4n) is 1.64. The lowest BCUT2D eigenvalue weighted by atomic mass is 10.0. The molecule has 0 aliphatic carbocycles. The molecule has 1 amide bonds. The van der Waals surface area contributed by atoms with Crippen LogP contribution in [0.3, 0.4) is 0 Å². The number of methoxy groups -OCH3 is 1. The number of carboxylic acid groups (broad SMARTS) is 1. The Morgan fingerprint density at radius 2 is 2.06 bits per heavy atom. The maximum absolute atomic E-state index is 11.8. The van der Waals surface area contributed by atoms with Gasteiger partial charge in [-0.3, -0.25) is 0 Å². The van der Waals surface area contributed by atoms with Gasteiger partial charge in [0.15, 0.2) is 0 Å². The molecule has 0 radical (unpaired) electrons. The van der Waals surface area contributed by atoms with Gasteiger partial charge in [0.05, 0.1) is 7.11 Å². The van der Waals surface area contributed by atoms with Crippen molar-refractivity contribution >= 4 is 17.9 Å². The topological polar surface area (TPSA) is 79.7 Å². The minimum absolute atomic E-state index is 0.255. The van der Waals surface area contributed by atoms with Crippen molar-refractivity contribution in [2.24, 2.45) is 5.92 Å². The number of aromatic nitrogens is 1. The van der Waals surface area contributed by atoms with Crippen molar-refractivity contribution in [1.82, 2.24) is 4.98 Å². The van der Waals surface area contributed by atoms with E-state index in [1.807, 2.05) is 0 Å². The van der Waals surface area contributed by atoms with E-state index in [2.05, 4.69) is 9.72 Å². The highest BCUT2D eigenvalue weighted by molar-refractivity contribution is 5.94. The lowest BCUT2D eigenvalue weighted by Gasteiger charge is -2.29. The number of pyridine rings is 1. The van der Waals surface area contributed by atoms with Crippen LogP contribution >= 0.6 is 0 Å². The first-order valence-corrected chi connectivity index (χ1v) is 5.50. The number of nitrogens with zero attached hydrogens (tertiary/aromatic N) is 2. The van der Waals surface area contributed by atoms with Crippen LogP contribution in [0.25, 0.3) is 0 Å². The summed E-state index contributed by atoms with van der Waals surface area (Å²) in [5.74, 6) is -1.12. The zero-order chi connectivity index (χ0) is 13.7. The fourth-order valence-corrected chi connectivity index (χ4v) is 1.64. The van der Waals surface area contributed by atoms with Gasteiger partial charge in [0.1, 0.15) is 11.9 Å². The van der Waals surface area contributed by atoms with Crippen LogP contribution in [0.2, 0.25) is 0 Å². The Labute approximate surface area is 105 Å². The number of carboxylic acids is 1. The Hall–Kier alpha value is -2.11. The van der Waals surface area contributed by atoms with Crippen LogP contribution in [-0.4, -0.2) is 35.3 Å². The van der Waals surface area contributed by atoms with Crippen LogP contribution in [0.15, 0.2) is 24.4 Å². The zero-order valence-corrected chi connectivity index (χ0v) is 10.5. The molecule has 0 fully saturated rings. The molecule has 0 aromatic carbocycles. The number of aliphatic carboxylic acids is 1. The van der Waals surface area contributed by atoms with Crippen LogP contribution in [0, 0.1) is 5.92 Å². The summed E-state index contributed by atoms with van der Waals surface area (Å²) in [5, 5.41) is 9.24. The summed E-state index contributed by atoms with van der Waals surface area (Å²) in [7, 11) is 1.21. The molecule has 98 valence electrons. The second-order valence-corrected chi connectivity index (χ2v) is 4.06. The molecule has 1 N–H and O–H groups in total. The molecule has 6 heteroatoms. The van der Waals surface area contributed by atoms with Crippen molar-refractivity contribution in [3.8, 4) is 0 Å². The van der Waals surface area contributed by atoms with Gasteiger partial charge in [-0.25, -0.2) is 19.5 Å². The van der Waals surface area contributed by atoms with E-state index >= 15 is 0 Å². The number of carbonyl (C=O) groups is 2. The molecule has 1 aromatic rings. The number of hydrogen-bond acceptors (Lipinski definition) is 4. The number of anilines is 1. The van der Waals surface area contributed by atoms with Crippen molar-refractivity contribution in [3.63, 3.8) is 0 Å². The zero-order valence-electron chi connectivity index (χ0n) is 10.5. The summed E-state index contributed by atoms with van der Waals surface area (Å²) in [6.45, 7) is 3.44. The maximum atomic E-state index is 11.8.